The standard InChI is InChI=1S/C24H23BrN6O3/c1-12-15-4-5-30(23(15)28-11-27-12)18-8-24(21(34)20(18)33)9-19(32)31(10-24)14-3-2-13-6-16(25)22(26)29-17(13)7-14/h2-7,11,18,20-21,33-34H,8-10H2,1H3,(H2,26,29)/t18-,20+,21+,24+/m1/s1. The molecule has 1 saturated carbocycles. The largest absolute Gasteiger partial charge is 0.390 e. The smallest absolute Gasteiger partial charge is 0.227 e. The van der Waals surface area contributed by atoms with Crippen molar-refractivity contribution in [3.05, 3.63) is 53.0 Å². The van der Waals surface area contributed by atoms with E-state index in [4.69, 9.17) is 5.73 Å². The predicted octanol–water partition coefficient (Wildman–Crippen LogP) is 2.72. The number of amides is 1. The van der Waals surface area contributed by atoms with Crippen LogP contribution in [0.5, 0.6) is 0 Å². The van der Waals surface area contributed by atoms with Crippen LogP contribution in [-0.2, 0) is 4.79 Å². The summed E-state index contributed by atoms with van der Waals surface area (Å²) in [6, 6.07) is 9.03. The number of fused-ring (bicyclic) bond motifs is 2. The lowest BCUT2D eigenvalue weighted by molar-refractivity contribution is -0.118. The van der Waals surface area contributed by atoms with Gasteiger partial charge in [-0.25, -0.2) is 15.0 Å². The number of aliphatic hydroxyl groups excluding tert-OH is 2. The lowest BCUT2D eigenvalue weighted by Gasteiger charge is -2.27. The summed E-state index contributed by atoms with van der Waals surface area (Å²) in [4.78, 5) is 27.9. The predicted molar refractivity (Wildman–Crippen MR) is 131 cm³/mol. The Balaban J connectivity index is 1.34. The number of halogens is 1. The van der Waals surface area contributed by atoms with Gasteiger partial charge in [-0.3, -0.25) is 4.79 Å². The van der Waals surface area contributed by atoms with E-state index in [0.717, 1.165) is 20.9 Å². The fourth-order valence-corrected chi connectivity index (χ4v) is 5.93. The summed E-state index contributed by atoms with van der Waals surface area (Å²) in [5.41, 5.74) is 8.13. The Labute approximate surface area is 203 Å². The molecule has 1 aliphatic heterocycles. The Morgan fingerprint density at radius 1 is 1.21 bits per heavy atom. The van der Waals surface area contributed by atoms with Crippen molar-refractivity contribution in [2.45, 2.75) is 38.0 Å². The molecule has 4 atom stereocenters. The van der Waals surface area contributed by atoms with Gasteiger partial charge in [-0.05, 0) is 53.5 Å². The number of nitrogen functional groups attached to an aromatic ring is 1. The molecule has 3 aromatic heterocycles. The summed E-state index contributed by atoms with van der Waals surface area (Å²) in [7, 11) is 0. The molecule has 1 aliphatic carbocycles. The highest BCUT2D eigenvalue weighted by Crippen LogP contribution is 2.52. The highest BCUT2D eigenvalue weighted by molar-refractivity contribution is 9.10. The second-order valence-electron chi connectivity index (χ2n) is 9.38. The molecule has 1 spiro atoms. The van der Waals surface area contributed by atoms with Gasteiger partial charge in [0.2, 0.25) is 5.91 Å². The normalized spacial score (nSPS) is 27.0. The number of nitrogens with zero attached hydrogens (tertiary/aromatic N) is 5. The fourth-order valence-electron chi connectivity index (χ4n) is 5.60. The van der Waals surface area contributed by atoms with Gasteiger partial charge in [0.25, 0.3) is 0 Å². The monoisotopic (exact) mass is 522 g/mol. The minimum absolute atomic E-state index is 0.0909. The maximum atomic E-state index is 13.1. The van der Waals surface area contributed by atoms with E-state index in [1.807, 2.05) is 48.0 Å². The molecule has 1 amide bonds. The van der Waals surface area contributed by atoms with E-state index in [1.54, 1.807) is 4.90 Å². The van der Waals surface area contributed by atoms with Crippen LogP contribution in [-0.4, -0.2) is 54.4 Å². The van der Waals surface area contributed by atoms with Crippen LogP contribution in [0.2, 0.25) is 0 Å². The molecule has 6 rings (SSSR count). The van der Waals surface area contributed by atoms with E-state index < -0.39 is 23.7 Å². The summed E-state index contributed by atoms with van der Waals surface area (Å²) in [6.45, 7) is 2.22. The lowest BCUT2D eigenvalue weighted by Crippen LogP contribution is -2.38. The zero-order valence-electron chi connectivity index (χ0n) is 18.4. The van der Waals surface area contributed by atoms with Crippen molar-refractivity contribution in [2.24, 2.45) is 5.41 Å². The first kappa shape index (κ1) is 21.5. The van der Waals surface area contributed by atoms with Gasteiger partial charge in [0.05, 0.1) is 27.8 Å². The van der Waals surface area contributed by atoms with Gasteiger partial charge in [-0.2, -0.15) is 0 Å². The Bertz CT molecular complexity index is 1470. The number of aliphatic hydroxyl groups is 2. The van der Waals surface area contributed by atoms with Gasteiger partial charge >= 0.3 is 0 Å². The molecular formula is C24H23BrN6O3. The number of nitrogens with two attached hydrogens (primary N) is 1. The van der Waals surface area contributed by atoms with Crippen LogP contribution in [0, 0.1) is 12.3 Å². The Kier molecular flexibility index (Phi) is 4.71. The van der Waals surface area contributed by atoms with E-state index in [-0.39, 0.29) is 12.3 Å². The van der Waals surface area contributed by atoms with E-state index >= 15 is 0 Å². The topological polar surface area (TPSA) is 130 Å². The van der Waals surface area contributed by atoms with Crippen molar-refractivity contribution in [3.8, 4) is 0 Å². The molecule has 9 nitrogen and oxygen atoms in total. The highest BCUT2D eigenvalue weighted by Gasteiger charge is 2.58. The molecule has 34 heavy (non-hydrogen) atoms. The maximum absolute atomic E-state index is 13.1. The number of pyridine rings is 1. The summed E-state index contributed by atoms with van der Waals surface area (Å²) in [5, 5.41) is 24.0. The van der Waals surface area contributed by atoms with Crippen molar-refractivity contribution >= 4 is 55.3 Å². The molecule has 0 bridgehead atoms. The molecule has 0 unspecified atom stereocenters. The molecule has 4 N–H and O–H groups in total. The van der Waals surface area contributed by atoms with Crippen molar-refractivity contribution in [2.75, 3.05) is 17.2 Å². The Morgan fingerprint density at radius 3 is 2.85 bits per heavy atom. The van der Waals surface area contributed by atoms with Crippen molar-refractivity contribution in [1.29, 1.82) is 0 Å². The zero-order valence-corrected chi connectivity index (χ0v) is 20.0. The van der Waals surface area contributed by atoms with E-state index in [2.05, 4.69) is 30.9 Å². The Hall–Kier alpha value is -3.08. The van der Waals surface area contributed by atoms with Gasteiger partial charge in [0, 0.05) is 41.0 Å². The number of carbonyl (C=O) groups is 1. The minimum atomic E-state index is -1.04. The van der Waals surface area contributed by atoms with Gasteiger partial charge in [0.1, 0.15) is 23.9 Å². The van der Waals surface area contributed by atoms with Crippen molar-refractivity contribution in [3.63, 3.8) is 0 Å². The Morgan fingerprint density at radius 2 is 2.03 bits per heavy atom. The molecular weight excluding hydrogens is 500 g/mol. The second-order valence-corrected chi connectivity index (χ2v) is 10.2. The zero-order chi connectivity index (χ0) is 23.8. The second kappa shape index (κ2) is 7.46. The average Bonchev–Trinajstić information content (AvgIpc) is 3.45. The third kappa shape index (κ3) is 3.05. The van der Waals surface area contributed by atoms with Crippen LogP contribution in [0.25, 0.3) is 21.9 Å². The SMILES string of the molecule is Cc1ncnc2c1ccn2[C@@H]1C[C@@]2(CC(=O)N(c3ccc4cc(Br)c(N)nc4c3)C2)[C@@H](O)[C@H]1O. The number of rotatable bonds is 2. The number of hydrogen-bond donors (Lipinski definition) is 3. The van der Waals surface area contributed by atoms with Gasteiger partial charge in [0.15, 0.2) is 0 Å². The molecule has 4 aromatic rings. The molecule has 0 radical (unpaired) electrons. The molecule has 4 heterocycles. The first-order chi connectivity index (χ1) is 16.3. The van der Waals surface area contributed by atoms with E-state index in [0.29, 0.717) is 35.6 Å². The number of anilines is 2. The third-order valence-corrected chi connectivity index (χ3v) is 8.03. The van der Waals surface area contributed by atoms with Gasteiger partial charge in [-0.15, -0.1) is 0 Å². The summed E-state index contributed by atoms with van der Waals surface area (Å²) in [6.07, 6.45) is 1.92. The maximum Gasteiger partial charge on any atom is 0.227 e. The van der Waals surface area contributed by atoms with Gasteiger partial charge in [-0.1, -0.05) is 6.07 Å². The number of carbonyl (C=O) groups excluding carboxylic acids is 1. The van der Waals surface area contributed by atoms with Crippen LogP contribution >= 0.6 is 15.9 Å². The summed E-state index contributed by atoms with van der Waals surface area (Å²) in [5.74, 6) is 0.288. The van der Waals surface area contributed by atoms with Crippen LogP contribution in [0.15, 0.2) is 47.3 Å². The molecule has 1 aromatic carbocycles. The van der Waals surface area contributed by atoms with Crippen LogP contribution < -0.4 is 10.6 Å². The highest BCUT2D eigenvalue weighted by atomic mass is 79.9. The third-order valence-electron chi connectivity index (χ3n) is 7.40. The van der Waals surface area contributed by atoms with E-state index in [1.165, 1.54) is 6.33 Å². The molecule has 10 heteroatoms. The number of benzene rings is 1. The van der Waals surface area contributed by atoms with Gasteiger partial charge < -0.3 is 25.4 Å². The summed E-state index contributed by atoms with van der Waals surface area (Å²) < 4.78 is 2.62. The first-order valence-corrected chi connectivity index (χ1v) is 11.9. The van der Waals surface area contributed by atoms with Crippen LogP contribution in [0.3, 0.4) is 0 Å². The quantitative estimate of drug-likeness (QED) is 0.368. The lowest BCUT2D eigenvalue weighted by atomic mass is 9.82. The number of hydrogen-bond acceptors (Lipinski definition) is 7. The first-order valence-electron chi connectivity index (χ1n) is 11.1. The molecule has 2 fully saturated rings. The van der Waals surface area contributed by atoms with Crippen LogP contribution in [0.4, 0.5) is 11.5 Å². The average molecular weight is 523 g/mol. The van der Waals surface area contributed by atoms with Crippen molar-refractivity contribution in [1.82, 2.24) is 19.5 Å². The number of aromatic nitrogens is 4. The molecule has 1 saturated heterocycles. The van der Waals surface area contributed by atoms with Crippen LogP contribution in [0.1, 0.15) is 24.6 Å². The number of aryl methyl sites for hydroxylation is 1. The molecule has 174 valence electrons. The minimum Gasteiger partial charge on any atom is -0.390 e. The van der Waals surface area contributed by atoms with E-state index in [9.17, 15) is 15.0 Å². The van der Waals surface area contributed by atoms with Crippen molar-refractivity contribution < 1.29 is 15.0 Å². The fraction of sp³-hybridized carbons (Fsp3) is 0.333. The summed E-state index contributed by atoms with van der Waals surface area (Å²) >= 11 is 3.39. The molecule has 2 aliphatic rings.